The molecule has 0 aliphatic rings. The Bertz CT molecular complexity index is 875. The third-order valence-corrected chi connectivity index (χ3v) is 7.78. The van der Waals surface area contributed by atoms with Gasteiger partial charge in [-0.05, 0) is 37.3 Å². The highest BCUT2D eigenvalue weighted by molar-refractivity contribution is 7.93. The van der Waals surface area contributed by atoms with Crippen LogP contribution in [0.4, 0.5) is 0 Å². The summed E-state index contributed by atoms with van der Waals surface area (Å²) >= 11 is 1.13. The van der Waals surface area contributed by atoms with Crippen molar-refractivity contribution in [1.29, 1.82) is 0 Å². The van der Waals surface area contributed by atoms with Gasteiger partial charge >= 0.3 is 11.8 Å². The fraction of sp³-hybridized carbons (Fsp3) is 0.368. The van der Waals surface area contributed by atoms with Crippen LogP contribution in [-0.4, -0.2) is 32.8 Å². The minimum atomic E-state index is -3.70. The molecule has 0 unspecified atom stereocenters. The molecule has 2 N–H and O–H groups in total. The van der Waals surface area contributed by atoms with Gasteiger partial charge in [0.05, 0.1) is 0 Å². The molecule has 0 saturated heterocycles. The summed E-state index contributed by atoms with van der Waals surface area (Å²) in [4.78, 5) is 24.0. The summed E-state index contributed by atoms with van der Waals surface area (Å²) in [5, 5.41) is 5.75. The second kappa shape index (κ2) is 9.14. The number of amides is 2. The summed E-state index contributed by atoms with van der Waals surface area (Å²) in [5.74, 6) is -1.60. The molecule has 0 aliphatic heterocycles. The molecule has 0 saturated carbocycles. The number of thiophene rings is 1. The smallest absolute Gasteiger partial charge is 0.309 e. The van der Waals surface area contributed by atoms with Crippen LogP contribution in [0.15, 0.2) is 46.0 Å². The van der Waals surface area contributed by atoms with Crippen molar-refractivity contribution in [3.05, 3.63) is 52.9 Å². The number of hydrogen-bond acceptors (Lipinski definition) is 5. The van der Waals surface area contributed by atoms with Crippen LogP contribution in [0.2, 0.25) is 0 Å². The van der Waals surface area contributed by atoms with Gasteiger partial charge in [0.2, 0.25) is 0 Å². The lowest BCUT2D eigenvalue weighted by atomic mass is 10.1. The van der Waals surface area contributed by atoms with Crippen molar-refractivity contribution in [2.24, 2.45) is 0 Å². The highest BCUT2D eigenvalue weighted by Gasteiger charge is 2.31. The molecule has 2 amide bonds. The van der Waals surface area contributed by atoms with Gasteiger partial charge in [-0.3, -0.25) is 9.59 Å². The van der Waals surface area contributed by atoms with E-state index in [9.17, 15) is 18.0 Å². The number of aryl methyl sites for hydroxylation is 1. The number of carbonyl (C=O) groups excluding carboxylic acids is 2. The molecule has 2 aromatic rings. The molecule has 146 valence electrons. The highest BCUT2D eigenvalue weighted by Crippen LogP contribution is 2.31. The van der Waals surface area contributed by atoms with Crippen molar-refractivity contribution in [3.63, 3.8) is 0 Å². The Balaban J connectivity index is 2.22. The maximum Gasteiger partial charge on any atom is 0.309 e. The molecule has 2 atom stereocenters. The van der Waals surface area contributed by atoms with Crippen molar-refractivity contribution in [1.82, 2.24) is 10.6 Å². The SMILES string of the molecule is CC[C@@H](C)NC(=O)C(=O)NC[C@@H](c1ccc(C)cc1)S(=O)(=O)c1cccs1. The van der Waals surface area contributed by atoms with Crippen molar-refractivity contribution in [2.45, 2.75) is 42.7 Å². The van der Waals surface area contributed by atoms with Crippen molar-refractivity contribution >= 4 is 33.0 Å². The van der Waals surface area contributed by atoms with E-state index in [-0.39, 0.29) is 16.8 Å². The third-order valence-electron chi connectivity index (χ3n) is 4.24. The normalized spacial score (nSPS) is 13.6. The Morgan fingerprint density at radius 3 is 2.33 bits per heavy atom. The van der Waals surface area contributed by atoms with Gasteiger partial charge in [0.1, 0.15) is 9.46 Å². The molecule has 8 heteroatoms. The van der Waals surface area contributed by atoms with Crippen LogP contribution >= 0.6 is 11.3 Å². The maximum absolute atomic E-state index is 13.0. The average molecular weight is 409 g/mol. The number of hydrogen-bond donors (Lipinski definition) is 2. The fourth-order valence-corrected chi connectivity index (χ4v) is 5.28. The lowest BCUT2D eigenvalue weighted by Crippen LogP contribution is -2.45. The first-order valence-electron chi connectivity index (χ1n) is 8.68. The van der Waals surface area contributed by atoms with Gasteiger partial charge in [0, 0.05) is 12.6 Å². The molecule has 0 spiro atoms. The minimum Gasteiger partial charge on any atom is -0.346 e. The number of carbonyl (C=O) groups is 2. The summed E-state index contributed by atoms with van der Waals surface area (Å²) in [6.07, 6.45) is 0.692. The lowest BCUT2D eigenvalue weighted by Gasteiger charge is -2.18. The van der Waals surface area contributed by atoms with Crippen LogP contribution in [0.1, 0.15) is 36.6 Å². The largest absolute Gasteiger partial charge is 0.346 e. The molecule has 27 heavy (non-hydrogen) atoms. The second-order valence-corrected chi connectivity index (χ2v) is 9.67. The van der Waals surface area contributed by atoms with Crippen LogP contribution in [0.25, 0.3) is 0 Å². The van der Waals surface area contributed by atoms with Gasteiger partial charge in [0.15, 0.2) is 9.84 Å². The van der Waals surface area contributed by atoms with E-state index in [0.29, 0.717) is 12.0 Å². The van der Waals surface area contributed by atoms with Crippen LogP contribution in [0.3, 0.4) is 0 Å². The van der Waals surface area contributed by atoms with E-state index in [1.165, 1.54) is 0 Å². The van der Waals surface area contributed by atoms with Gasteiger partial charge in [-0.25, -0.2) is 8.42 Å². The Labute approximate surface area is 163 Å². The number of benzene rings is 1. The maximum atomic E-state index is 13.0. The zero-order chi connectivity index (χ0) is 20.0. The summed E-state index contributed by atoms with van der Waals surface area (Å²) in [6, 6.07) is 10.2. The first-order chi connectivity index (χ1) is 12.8. The molecule has 0 bridgehead atoms. The van der Waals surface area contributed by atoms with E-state index in [2.05, 4.69) is 10.6 Å². The zero-order valence-corrected chi connectivity index (χ0v) is 17.2. The first-order valence-corrected chi connectivity index (χ1v) is 11.1. The number of nitrogens with one attached hydrogen (secondary N) is 2. The van der Waals surface area contributed by atoms with E-state index < -0.39 is 26.9 Å². The standard InChI is InChI=1S/C19H24N2O4S2/c1-4-14(3)21-19(23)18(22)20-12-16(15-9-7-13(2)8-10-15)27(24,25)17-6-5-11-26-17/h5-11,14,16H,4,12H2,1-3H3,(H,20,22)(H,21,23)/t14-,16+/m1/s1. The number of rotatable bonds is 7. The Kier molecular flexibility index (Phi) is 7.15. The van der Waals surface area contributed by atoms with E-state index >= 15 is 0 Å². The quantitative estimate of drug-likeness (QED) is 0.689. The predicted molar refractivity (Wildman–Crippen MR) is 106 cm³/mol. The summed E-state index contributed by atoms with van der Waals surface area (Å²) in [6.45, 7) is 5.41. The Morgan fingerprint density at radius 1 is 1.11 bits per heavy atom. The molecular weight excluding hydrogens is 384 g/mol. The fourth-order valence-electron chi connectivity index (χ4n) is 2.41. The van der Waals surface area contributed by atoms with E-state index in [0.717, 1.165) is 16.9 Å². The third kappa shape index (κ3) is 5.40. The minimum absolute atomic E-state index is 0.133. The van der Waals surface area contributed by atoms with Gasteiger partial charge in [0.25, 0.3) is 0 Å². The molecule has 0 aliphatic carbocycles. The monoisotopic (exact) mass is 408 g/mol. The molecule has 2 rings (SSSR count). The van der Waals surface area contributed by atoms with Gasteiger partial charge in [-0.2, -0.15) is 0 Å². The van der Waals surface area contributed by atoms with Crippen molar-refractivity contribution in [3.8, 4) is 0 Å². The lowest BCUT2D eigenvalue weighted by molar-refractivity contribution is -0.139. The molecule has 0 fully saturated rings. The summed E-state index contributed by atoms with van der Waals surface area (Å²) in [7, 11) is -3.70. The van der Waals surface area contributed by atoms with E-state index in [4.69, 9.17) is 0 Å². The van der Waals surface area contributed by atoms with E-state index in [1.807, 2.05) is 26.0 Å². The Morgan fingerprint density at radius 2 is 1.78 bits per heavy atom. The second-order valence-electron chi connectivity index (χ2n) is 6.37. The molecule has 1 aromatic carbocycles. The first kappa shape index (κ1) is 21.1. The number of sulfone groups is 1. The summed E-state index contributed by atoms with van der Waals surface area (Å²) < 4.78 is 26.3. The molecule has 1 aromatic heterocycles. The molecular formula is C19H24N2O4S2. The van der Waals surface area contributed by atoms with Gasteiger partial charge in [-0.15, -0.1) is 11.3 Å². The van der Waals surface area contributed by atoms with Crippen molar-refractivity contribution < 1.29 is 18.0 Å². The zero-order valence-electron chi connectivity index (χ0n) is 15.6. The van der Waals surface area contributed by atoms with Gasteiger partial charge in [-0.1, -0.05) is 42.8 Å². The van der Waals surface area contributed by atoms with Crippen LogP contribution in [0.5, 0.6) is 0 Å². The average Bonchev–Trinajstić information content (AvgIpc) is 3.18. The molecule has 1 heterocycles. The molecule has 6 nitrogen and oxygen atoms in total. The molecule has 0 radical (unpaired) electrons. The Hall–Kier alpha value is -2.19. The summed E-state index contributed by atoms with van der Waals surface area (Å²) in [5.41, 5.74) is 1.57. The van der Waals surface area contributed by atoms with E-state index in [1.54, 1.807) is 36.6 Å². The van der Waals surface area contributed by atoms with Crippen molar-refractivity contribution in [2.75, 3.05) is 6.54 Å². The van der Waals surface area contributed by atoms with Gasteiger partial charge < -0.3 is 10.6 Å². The van der Waals surface area contributed by atoms with Crippen LogP contribution < -0.4 is 10.6 Å². The topological polar surface area (TPSA) is 92.3 Å². The predicted octanol–water partition coefficient (Wildman–Crippen LogP) is 2.60. The van der Waals surface area contributed by atoms with Crippen LogP contribution in [0, 0.1) is 6.92 Å². The highest BCUT2D eigenvalue weighted by atomic mass is 32.2. The van der Waals surface area contributed by atoms with Crippen LogP contribution in [-0.2, 0) is 19.4 Å².